The molecule has 0 bridgehead atoms. The molecule has 1 aromatic heterocycles. The normalized spacial score (nSPS) is 12.1. The zero-order valence-corrected chi connectivity index (χ0v) is 20.2. The number of hydrogen-bond donors (Lipinski definition) is 2. The SMILES string of the molecule is CCC=CCC=CCC=CCC=CCC=CCCCC(=O)NCCNC(=O)c1cncc(F)c1. The average Bonchev–Trinajstić information content (AvgIpc) is 2.83. The Morgan fingerprint density at radius 2 is 1.38 bits per heavy atom. The van der Waals surface area contributed by atoms with Crippen molar-refractivity contribution >= 4 is 11.8 Å². The van der Waals surface area contributed by atoms with Crippen LogP contribution in [0.25, 0.3) is 0 Å². The Bertz CT molecular complexity index is 857. The number of nitrogens with zero attached hydrogens (tertiary/aromatic N) is 1. The van der Waals surface area contributed by atoms with E-state index < -0.39 is 11.7 Å². The number of carbonyl (C=O) groups is 2. The molecule has 0 radical (unpaired) electrons. The van der Waals surface area contributed by atoms with Crippen LogP contribution in [0, 0.1) is 5.82 Å². The van der Waals surface area contributed by atoms with Gasteiger partial charge in [0.05, 0.1) is 11.8 Å². The number of pyridine rings is 1. The smallest absolute Gasteiger partial charge is 0.253 e. The number of carbonyl (C=O) groups excluding carboxylic acids is 2. The largest absolute Gasteiger partial charge is 0.354 e. The van der Waals surface area contributed by atoms with Gasteiger partial charge in [0.15, 0.2) is 0 Å². The molecule has 0 fully saturated rings. The first-order valence-corrected chi connectivity index (χ1v) is 12.0. The number of allylic oxidation sites excluding steroid dienone is 10. The molecule has 0 saturated heterocycles. The first-order valence-electron chi connectivity index (χ1n) is 12.0. The van der Waals surface area contributed by atoms with Crippen molar-refractivity contribution in [3.8, 4) is 0 Å². The lowest BCUT2D eigenvalue weighted by Gasteiger charge is -2.07. The van der Waals surface area contributed by atoms with Crippen LogP contribution in [0.4, 0.5) is 4.39 Å². The molecule has 0 unspecified atom stereocenters. The maximum atomic E-state index is 13.1. The molecule has 34 heavy (non-hydrogen) atoms. The van der Waals surface area contributed by atoms with Gasteiger partial charge in [-0.05, 0) is 51.0 Å². The van der Waals surface area contributed by atoms with Crippen LogP contribution in [0.2, 0.25) is 0 Å². The Morgan fingerprint density at radius 1 is 0.824 bits per heavy atom. The van der Waals surface area contributed by atoms with Crippen molar-refractivity contribution in [2.24, 2.45) is 0 Å². The van der Waals surface area contributed by atoms with Crippen LogP contribution in [0.1, 0.15) is 68.6 Å². The molecule has 0 aliphatic rings. The molecule has 0 aliphatic carbocycles. The lowest BCUT2D eigenvalue weighted by molar-refractivity contribution is -0.121. The second kappa shape index (κ2) is 20.3. The highest BCUT2D eigenvalue weighted by Gasteiger charge is 2.06. The molecule has 1 rings (SSSR count). The Kier molecular flexibility index (Phi) is 17.2. The second-order valence-electron chi connectivity index (χ2n) is 7.60. The molecular weight excluding hydrogens is 429 g/mol. The monoisotopic (exact) mass is 467 g/mol. The van der Waals surface area contributed by atoms with Crippen LogP contribution in [0.15, 0.2) is 79.2 Å². The summed E-state index contributed by atoms with van der Waals surface area (Å²) in [6.07, 6.45) is 30.9. The van der Waals surface area contributed by atoms with E-state index in [0.717, 1.165) is 57.2 Å². The van der Waals surface area contributed by atoms with Crippen LogP contribution in [-0.2, 0) is 4.79 Å². The summed E-state index contributed by atoms with van der Waals surface area (Å²) in [4.78, 5) is 27.3. The van der Waals surface area contributed by atoms with Crippen LogP contribution in [-0.4, -0.2) is 29.9 Å². The minimum atomic E-state index is -0.562. The van der Waals surface area contributed by atoms with Gasteiger partial charge in [0, 0.05) is 25.7 Å². The Balaban J connectivity index is 1.98. The van der Waals surface area contributed by atoms with E-state index in [1.54, 1.807) is 0 Å². The van der Waals surface area contributed by atoms with Crippen molar-refractivity contribution in [1.82, 2.24) is 15.6 Å². The van der Waals surface area contributed by atoms with E-state index in [2.05, 4.69) is 83.3 Å². The minimum absolute atomic E-state index is 0.0472. The molecule has 0 spiro atoms. The summed E-state index contributed by atoms with van der Waals surface area (Å²) < 4.78 is 13.1. The Hall–Kier alpha value is -3.28. The highest BCUT2D eigenvalue weighted by molar-refractivity contribution is 5.93. The molecule has 0 atom stereocenters. The zero-order chi connectivity index (χ0) is 24.7. The van der Waals surface area contributed by atoms with E-state index in [-0.39, 0.29) is 18.0 Å². The molecule has 2 N–H and O–H groups in total. The lowest BCUT2D eigenvalue weighted by atomic mass is 10.2. The summed E-state index contributed by atoms with van der Waals surface area (Å²) in [6, 6.07) is 1.12. The quantitative estimate of drug-likeness (QED) is 0.218. The third-order valence-corrected chi connectivity index (χ3v) is 4.63. The van der Waals surface area contributed by atoms with Gasteiger partial charge in [0.2, 0.25) is 5.91 Å². The first-order chi connectivity index (χ1) is 16.6. The summed E-state index contributed by atoms with van der Waals surface area (Å²) >= 11 is 0. The maximum Gasteiger partial charge on any atom is 0.253 e. The van der Waals surface area contributed by atoms with Crippen molar-refractivity contribution < 1.29 is 14.0 Å². The van der Waals surface area contributed by atoms with Crippen LogP contribution in [0.3, 0.4) is 0 Å². The molecule has 184 valence electrons. The molecular formula is C28H38FN3O2. The van der Waals surface area contributed by atoms with E-state index in [1.165, 1.54) is 6.20 Å². The molecule has 0 saturated carbocycles. The van der Waals surface area contributed by atoms with Gasteiger partial charge >= 0.3 is 0 Å². The van der Waals surface area contributed by atoms with E-state index in [0.29, 0.717) is 13.0 Å². The van der Waals surface area contributed by atoms with Crippen molar-refractivity contribution in [1.29, 1.82) is 0 Å². The number of aromatic nitrogens is 1. The number of nitrogens with one attached hydrogen (secondary N) is 2. The van der Waals surface area contributed by atoms with Crippen LogP contribution >= 0.6 is 0 Å². The molecule has 2 amide bonds. The molecule has 1 heterocycles. The van der Waals surface area contributed by atoms with E-state index in [1.807, 2.05) is 0 Å². The van der Waals surface area contributed by atoms with Gasteiger partial charge in [-0.1, -0.05) is 67.7 Å². The second-order valence-corrected chi connectivity index (χ2v) is 7.60. The van der Waals surface area contributed by atoms with Crippen molar-refractivity contribution in [3.05, 3.63) is 90.6 Å². The predicted molar refractivity (Wildman–Crippen MR) is 138 cm³/mol. The van der Waals surface area contributed by atoms with Gasteiger partial charge in [-0.2, -0.15) is 0 Å². The van der Waals surface area contributed by atoms with Crippen LogP contribution in [0.5, 0.6) is 0 Å². The summed E-state index contributed by atoms with van der Waals surface area (Å²) in [6.45, 7) is 2.74. The molecule has 0 aromatic carbocycles. The Labute approximate surface area is 203 Å². The highest BCUT2D eigenvalue weighted by atomic mass is 19.1. The van der Waals surface area contributed by atoms with Crippen molar-refractivity contribution in [2.45, 2.75) is 58.3 Å². The Morgan fingerprint density at radius 3 is 1.97 bits per heavy atom. The summed E-state index contributed by atoms with van der Waals surface area (Å²) in [5.74, 6) is -1.03. The molecule has 0 aliphatic heterocycles. The predicted octanol–water partition coefficient (Wildman–Crippen LogP) is 5.99. The van der Waals surface area contributed by atoms with Gasteiger partial charge in [-0.15, -0.1) is 0 Å². The number of amides is 2. The summed E-state index contributed by atoms with van der Waals surface area (Å²) in [5.41, 5.74) is 0.156. The number of halogens is 1. The minimum Gasteiger partial charge on any atom is -0.354 e. The van der Waals surface area contributed by atoms with Gasteiger partial charge in [0.1, 0.15) is 5.82 Å². The fourth-order valence-corrected chi connectivity index (χ4v) is 2.85. The zero-order valence-electron chi connectivity index (χ0n) is 20.2. The fraction of sp³-hybridized carbons (Fsp3) is 0.393. The molecule has 5 nitrogen and oxygen atoms in total. The van der Waals surface area contributed by atoms with E-state index >= 15 is 0 Å². The summed E-state index contributed by atoms with van der Waals surface area (Å²) in [7, 11) is 0. The highest BCUT2D eigenvalue weighted by Crippen LogP contribution is 2.01. The van der Waals surface area contributed by atoms with Gasteiger partial charge in [-0.25, -0.2) is 4.39 Å². The average molecular weight is 468 g/mol. The van der Waals surface area contributed by atoms with Gasteiger partial charge in [-0.3, -0.25) is 14.6 Å². The lowest BCUT2D eigenvalue weighted by Crippen LogP contribution is -2.34. The van der Waals surface area contributed by atoms with E-state index in [4.69, 9.17) is 0 Å². The molecule has 1 aromatic rings. The maximum absolute atomic E-state index is 13.1. The topological polar surface area (TPSA) is 71.1 Å². The first kappa shape index (κ1) is 28.8. The van der Waals surface area contributed by atoms with Gasteiger partial charge < -0.3 is 10.6 Å². The fourth-order valence-electron chi connectivity index (χ4n) is 2.85. The van der Waals surface area contributed by atoms with Crippen molar-refractivity contribution in [2.75, 3.05) is 13.1 Å². The van der Waals surface area contributed by atoms with E-state index in [9.17, 15) is 14.0 Å². The number of unbranched alkanes of at least 4 members (excludes halogenated alkanes) is 1. The van der Waals surface area contributed by atoms with Crippen LogP contribution < -0.4 is 10.6 Å². The standard InChI is InChI=1S/C28H38FN3O2/c1-2-3-4-5-6-7-8-9-10-11-12-13-14-15-16-17-18-19-27(33)31-20-21-32-28(34)25-22-26(29)24-30-23-25/h3-4,6-7,9-10,12-13,15-16,22-24H,2,5,8,11,14,17-21H2,1H3,(H,31,33)(H,32,34). The summed E-state index contributed by atoms with van der Waals surface area (Å²) in [5, 5.41) is 5.38. The number of rotatable bonds is 17. The van der Waals surface area contributed by atoms with Gasteiger partial charge in [0.25, 0.3) is 5.91 Å². The third kappa shape index (κ3) is 16.4. The molecule has 6 heteroatoms. The van der Waals surface area contributed by atoms with Crippen molar-refractivity contribution in [3.63, 3.8) is 0 Å². The number of hydrogen-bond acceptors (Lipinski definition) is 3. The third-order valence-electron chi connectivity index (χ3n) is 4.63.